The number of hydrogen-bond acceptors (Lipinski definition) is 3. The van der Waals surface area contributed by atoms with Gasteiger partial charge in [0.15, 0.2) is 8.32 Å². The van der Waals surface area contributed by atoms with Gasteiger partial charge in [-0.15, -0.1) is 0 Å². The maximum absolute atomic E-state index is 6.74. The Balaban J connectivity index is 1.62. The third-order valence-corrected chi connectivity index (χ3v) is 10.7. The van der Waals surface area contributed by atoms with Crippen molar-refractivity contribution in [2.75, 3.05) is 13.2 Å². The van der Waals surface area contributed by atoms with Gasteiger partial charge in [0.2, 0.25) is 0 Å². The van der Waals surface area contributed by atoms with Gasteiger partial charge in [0.25, 0.3) is 0 Å². The second kappa shape index (κ2) is 8.91. The lowest BCUT2D eigenvalue weighted by Crippen LogP contribution is -2.65. The third-order valence-electron chi connectivity index (χ3n) is 6.19. The fourth-order valence-corrected chi connectivity index (χ4v) is 4.68. The molecule has 0 spiro atoms. The Labute approximate surface area is 171 Å². The standard InChI is InChI=1S/C24H35NO2Si/c1-24(2,3)28(4,5)27-23-17-25(16-20-12-8-6-9-13-20)22(23)19-26-18-21-14-10-7-11-15-21/h6-15,22-23H,16-19H2,1-5H3. The Kier molecular flexibility index (Phi) is 6.76. The summed E-state index contributed by atoms with van der Waals surface area (Å²) in [6.07, 6.45) is 0.264. The molecule has 0 saturated carbocycles. The largest absolute Gasteiger partial charge is 0.411 e. The van der Waals surface area contributed by atoms with Gasteiger partial charge in [0.05, 0.1) is 25.4 Å². The third kappa shape index (κ3) is 5.32. The maximum atomic E-state index is 6.74. The fourth-order valence-electron chi connectivity index (χ4n) is 3.34. The molecule has 1 aliphatic heterocycles. The van der Waals surface area contributed by atoms with Crippen LogP contribution in [-0.4, -0.2) is 38.5 Å². The summed E-state index contributed by atoms with van der Waals surface area (Å²) >= 11 is 0. The number of benzene rings is 2. The van der Waals surface area contributed by atoms with Crippen LogP contribution in [0, 0.1) is 0 Å². The van der Waals surface area contributed by atoms with Crippen molar-refractivity contribution in [3.05, 3.63) is 71.8 Å². The lowest BCUT2D eigenvalue weighted by molar-refractivity contribution is -0.0950. The summed E-state index contributed by atoms with van der Waals surface area (Å²) in [6, 6.07) is 21.4. The van der Waals surface area contributed by atoms with Crippen LogP contribution in [0.3, 0.4) is 0 Å². The molecule has 2 atom stereocenters. The second-order valence-electron chi connectivity index (χ2n) is 9.40. The van der Waals surface area contributed by atoms with Gasteiger partial charge in [0, 0.05) is 13.1 Å². The van der Waals surface area contributed by atoms with Gasteiger partial charge in [-0.3, -0.25) is 4.90 Å². The van der Waals surface area contributed by atoms with Crippen LogP contribution in [0.25, 0.3) is 0 Å². The summed E-state index contributed by atoms with van der Waals surface area (Å²) in [5.41, 5.74) is 2.57. The molecule has 0 aliphatic carbocycles. The molecular weight excluding hydrogens is 362 g/mol. The van der Waals surface area contributed by atoms with Crippen molar-refractivity contribution < 1.29 is 9.16 Å². The predicted molar refractivity (Wildman–Crippen MR) is 119 cm³/mol. The molecule has 3 nitrogen and oxygen atoms in total. The first-order valence-corrected chi connectivity index (χ1v) is 13.2. The topological polar surface area (TPSA) is 21.7 Å². The van der Waals surface area contributed by atoms with Crippen LogP contribution in [0.1, 0.15) is 31.9 Å². The van der Waals surface area contributed by atoms with E-state index in [-0.39, 0.29) is 11.1 Å². The number of hydrogen-bond donors (Lipinski definition) is 0. The van der Waals surface area contributed by atoms with E-state index in [1.54, 1.807) is 0 Å². The van der Waals surface area contributed by atoms with E-state index in [1.165, 1.54) is 11.1 Å². The zero-order chi connectivity index (χ0) is 20.2. The minimum atomic E-state index is -1.79. The smallest absolute Gasteiger partial charge is 0.192 e. The highest BCUT2D eigenvalue weighted by molar-refractivity contribution is 6.74. The van der Waals surface area contributed by atoms with Crippen molar-refractivity contribution >= 4 is 8.32 Å². The molecule has 4 heteroatoms. The molecule has 0 aromatic heterocycles. The molecule has 0 bridgehead atoms. The van der Waals surface area contributed by atoms with Gasteiger partial charge in [0.1, 0.15) is 0 Å². The van der Waals surface area contributed by atoms with Gasteiger partial charge in [-0.2, -0.15) is 0 Å². The van der Waals surface area contributed by atoms with E-state index < -0.39 is 8.32 Å². The molecule has 2 aromatic rings. The Bertz CT molecular complexity index is 727. The summed E-state index contributed by atoms with van der Waals surface area (Å²) in [7, 11) is -1.79. The summed E-state index contributed by atoms with van der Waals surface area (Å²) in [5, 5.41) is 0.224. The first kappa shape index (κ1) is 21.3. The SMILES string of the molecule is CC(C)(C)[Si](C)(C)OC1CN(Cc2ccccc2)C1COCc1ccccc1. The van der Waals surface area contributed by atoms with Crippen LogP contribution >= 0.6 is 0 Å². The van der Waals surface area contributed by atoms with Gasteiger partial charge in [-0.25, -0.2) is 0 Å². The summed E-state index contributed by atoms with van der Waals surface area (Å²) in [4.78, 5) is 2.50. The highest BCUT2D eigenvalue weighted by Gasteiger charge is 2.46. The van der Waals surface area contributed by atoms with E-state index in [0.717, 1.165) is 13.1 Å². The molecule has 1 aliphatic rings. The quantitative estimate of drug-likeness (QED) is 0.551. The molecule has 152 valence electrons. The summed E-state index contributed by atoms with van der Waals surface area (Å²) in [5.74, 6) is 0. The van der Waals surface area contributed by atoms with E-state index in [2.05, 4.69) is 93.4 Å². The fraction of sp³-hybridized carbons (Fsp3) is 0.500. The Hall–Kier alpha value is -1.46. The molecule has 0 radical (unpaired) electrons. The molecule has 2 aromatic carbocycles. The van der Waals surface area contributed by atoms with E-state index in [4.69, 9.17) is 9.16 Å². The minimum Gasteiger partial charge on any atom is -0.411 e. The molecule has 1 heterocycles. The molecule has 3 rings (SSSR count). The molecule has 0 amide bonds. The van der Waals surface area contributed by atoms with Crippen molar-refractivity contribution in [2.45, 2.75) is 64.2 Å². The van der Waals surface area contributed by atoms with Crippen molar-refractivity contribution in [3.8, 4) is 0 Å². The molecular formula is C24H35NO2Si. The Morgan fingerprint density at radius 3 is 2.07 bits per heavy atom. The predicted octanol–water partition coefficient (Wildman–Crippen LogP) is 5.48. The maximum Gasteiger partial charge on any atom is 0.192 e. The van der Waals surface area contributed by atoms with Gasteiger partial charge in [-0.1, -0.05) is 81.4 Å². The lowest BCUT2D eigenvalue weighted by Gasteiger charge is -2.52. The number of rotatable bonds is 8. The van der Waals surface area contributed by atoms with E-state index in [0.29, 0.717) is 19.3 Å². The van der Waals surface area contributed by atoms with Crippen LogP contribution in [0.5, 0.6) is 0 Å². The number of nitrogens with zero attached hydrogens (tertiary/aromatic N) is 1. The molecule has 1 fully saturated rings. The first-order valence-electron chi connectivity index (χ1n) is 10.3. The van der Waals surface area contributed by atoms with Gasteiger partial charge >= 0.3 is 0 Å². The zero-order valence-electron chi connectivity index (χ0n) is 18.0. The molecule has 0 N–H and O–H groups in total. The van der Waals surface area contributed by atoms with Crippen LogP contribution in [0.15, 0.2) is 60.7 Å². The van der Waals surface area contributed by atoms with Crippen LogP contribution < -0.4 is 0 Å². The first-order chi connectivity index (χ1) is 13.3. The summed E-state index contributed by atoms with van der Waals surface area (Å²) < 4.78 is 12.9. The van der Waals surface area contributed by atoms with E-state index in [1.807, 2.05) is 6.07 Å². The van der Waals surface area contributed by atoms with E-state index >= 15 is 0 Å². The highest BCUT2D eigenvalue weighted by atomic mass is 28.4. The normalized spacial score (nSPS) is 20.8. The van der Waals surface area contributed by atoms with Gasteiger partial charge < -0.3 is 9.16 Å². The average Bonchev–Trinajstić information content (AvgIpc) is 2.65. The monoisotopic (exact) mass is 397 g/mol. The zero-order valence-corrected chi connectivity index (χ0v) is 19.0. The van der Waals surface area contributed by atoms with Crippen LogP contribution in [0.4, 0.5) is 0 Å². The number of ether oxygens (including phenoxy) is 1. The Morgan fingerprint density at radius 1 is 0.929 bits per heavy atom. The van der Waals surface area contributed by atoms with Crippen molar-refractivity contribution in [1.29, 1.82) is 0 Å². The van der Waals surface area contributed by atoms with Crippen molar-refractivity contribution in [1.82, 2.24) is 4.90 Å². The number of likely N-dealkylation sites (tertiary alicyclic amines) is 1. The molecule has 1 saturated heterocycles. The minimum absolute atomic E-state index is 0.224. The van der Waals surface area contributed by atoms with Crippen LogP contribution in [0.2, 0.25) is 18.1 Å². The van der Waals surface area contributed by atoms with Crippen molar-refractivity contribution in [2.24, 2.45) is 0 Å². The second-order valence-corrected chi connectivity index (χ2v) is 14.2. The highest BCUT2D eigenvalue weighted by Crippen LogP contribution is 2.39. The summed E-state index contributed by atoms with van der Waals surface area (Å²) in [6.45, 7) is 14.9. The van der Waals surface area contributed by atoms with Gasteiger partial charge in [-0.05, 0) is 29.3 Å². The Morgan fingerprint density at radius 2 is 1.50 bits per heavy atom. The lowest BCUT2D eigenvalue weighted by atomic mass is 9.99. The molecule has 2 unspecified atom stereocenters. The van der Waals surface area contributed by atoms with Crippen molar-refractivity contribution in [3.63, 3.8) is 0 Å². The van der Waals surface area contributed by atoms with Crippen LogP contribution in [-0.2, 0) is 22.3 Å². The average molecular weight is 398 g/mol. The molecule has 28 heavy (non-hydrogen) atoms. The van der Waals surface area contributed by atoms with E-state index in [9.17, 15) is 0 Å².